The second-order valence-electron chi connectivity index (χ2n) is 2.56. The molecule has 0 aliphatic carbocycles. The smallest absolute Gasteiger partial charge is 0.0378 e. The molecule has 1 unspecified atom stereocenters. The van der Waals surface area contributed by atoms with Crippen molar-refractivity contribution in [2.24, 2.45) is 0 Å². The van der Waals surface area contributed by atoms with Crippen molar-refractivity contribution >= 4 is 17.3 Å². The van der Waals surface area contributed by atoms with Crippen LogP contribution in [0.4, 0.5) is 5.69 Å². The predicted octanol–water partition coefficient (Wildman–Crippen LogP) is 1.83. The number of rotatable bonds is 2. The number of pyridine rings is 1. The van der Waals surface area contributed by atoms with Crippen molar-refractivity contribution in [3.63, 3.8) is 0 Å². The summed E-state index contributed by atoms with van der Waals surface area (Å²) in [5.41, 5.74) is 7.46. The second kappa shape index (κ2) is 3.58. The van der Waals surface area contributed by atoms with Crippen LogP contribution in [0.15, 0.2) is 18.5 Å². The van der Waals surface area contributed by atoms with Gasteiger partial charge in [0.2, 0.25) is 0 Å². The van der Waals surface area contributed by atoms with Gasteiger partial charge in [0.25, 0.3) is 0 Å². The van der Waals surface area contributed by atoms with Gasteiger partial charge in [-0.05, 0) is 25.0 Å². The van der Waals surface area contributed by atoms with Crippen molar-refractivity contribution in [2.75, 3.05) is 5.73 Å². The molecular weight excluding hydrogens is 160 g/mol. The number of hydrogen-bond acceptors (Lipinski definition) is 2. The maximum Gasteiger partial charge on any atom is 0.0378 e. The first-order chi connectivity index (χ1) is 5.20. The van der Waals surface area contributed by atoms with E-state index in [-0.39, 0.29) is 5.38 Å². The van der Waals surface area contributed by atoms with Gasteiger partial charge in [0.05, 0.1) is 0 Å². The number of nitrogens with two attached hydrogens (primary N) is 1. The summed E-state index contributed by atoms with van der Waals surface area (Å²) in [5.74, 6) is 0. The Bertz CT molecular complexity index is 235. The lowest BCUT2D eigenvalue weighted by Crippen LogP contribution is -2.01. The number of nitrogen functional groups attached to an aromatic ring is 1. The SMILES string of the molecule is CC(Cl)Cc1cnccc1N. The molecule has 0 saturated heterocycles. The zero-order valence-corrected chi connectivity index (χ0v) is 7.17. The van der Waals surface area contributed by atoms with Crippen LogP contribution in [0.1, 0.15) is 12.5 Å². The number of hydrogen-bond donors (Lipinski definition) is 1. The van der Waals surface area contributed by atoms with E-state index in [1.54, 1.807) is 18.5 Å². The van der Waals surface area contributed by atoms with Crippen LogP contribution < -0.4 is 5.73 Å². The van der Waals surface area contributed by atoms with Crippen molar-refractivity contribution < 1.29 is 0 Å². The van der Waals surface area contributed by atoms with Crippen LogP contribution in [0.5, 0.6) is 0 Å². The summed E-state index contributed by atoms with van der Waals surface area (Å²) in [4.78, 5) is 3.96. The minimum Gasteiger partial charge on any atom is -0.398 e. The Balaban J connectivity index is 2.78. The molecule has 0 aliphatic heterocycles. The van der Waals surface area contributed by atoms with Gasteiger partial charge in [-0.1, -0.05) is 0 Å². The van der Waals surface area contributed by atoms with Crippen molar-refractivity contribution in [1.29, 1.82) is 0 Å². The van der Waals surface area contributed by atoms with Gasteiger partial charge >= 0.3 is 0 Å². The van der Waals surface area contributed by atoms with E-state index >= 15 is 0 Å². The Morgan fingerprint density at radius 2 is 2.45 bits per heavy atom. The normalized spacial score (nSPS) is 12.9. The van der Waals surface area contributed by atoms with E-state index < -0.39 is 0 Å². The van der Waals surface area contributed by atoms with Crippen molar-refractivity contribution in [2.45, 2.75) is 18.7 Å². The van der Waals surface area contributed by atoms with E-state index in [1.807, 2.05) is 6.92 Å². The highest BCUT2D eigenvalue weighted by Crippen LogP contribution is 2.13. The highest BCUT2D eigenvalue weighted by Gasteiger charge is 2.01. The summed E-state index contributed by atoms with van der Waals surface area (Å²) in [6.45, 7) is 1.94. The third kappa shape index (κ3) is 2.39. The molecule has 0 aromatic carbocycles. The number of nitrogens with zero attached hydrogens (tertiary/aromatic N) is 1. The summed E-state index contributed by atoms with van der Waals surface area (Å²) in [7, 11) is 0. The first-order valence-electron chi connectivity index (χ1n) is 3.52. The maximum absolute atomic E-state index is 5.80. The van der Waals surface area contributed by atoms with E-state index in [9.17, 15) is 0 Å². The molecule has 1 aromatic rings. The molecule has 0 spiro atoms. The minimum absolute atomic E-state index is 0.112. The first-order valence-corrected chi connectivity index (χ1v) is 3.96. The average Bonchev–Trinajstić information content (AvgIpc) is 1.93. The molecule has 0 fully saturated rings. The summed E-state index contributed by atoms with van der Waals surface area (Å²) >= 11 is 5.80. The molecule has 0 saturated carbocycles. The van der Waals surface area contributed by atoms with Gasteiger partial charge in [0, 0.05) is 23.5 Å². The first kappa shape index (κ1) is 8.34. The molecule has 1 aromatic heterocycles. The fraction of sp³-hybridized carbons (Fsp3) is 0.375. The average molecular weight is 171 g/mol. The van der Waals surface area contributed by atoms with Gasteiger partial charge in [0.1, 0.15) is 0 Å². The van der Waals surface area contributed by atoms with Crippen LogP contribution in [-0.2, 0) is 6.42 Å². The summed E-state index contributed by atoms with van der Waals surface area (Å²) in [6, 6.07) is 1.79. The van der Waals surface area contributed by atoms with Crippen molar-refractivity contribution in [3.8, 4) is 0 Å². The molecule has 1 heterocycles. The fourth-order valence-corrected chi connectivity index (χ4v) is 1.08. The molecule has 0 amide bonds. The summed E-state index contributed by atoms with van der Waals surface area (Å²) < 4.78 is 0. The molecular formula is C8H11ClN2. The van der Waals surface area contributed by atoms with Crippen LogP contribution in [0, 0.1) is 0 Å². The number of anilines is 1. The van der Waals surface area contributed by atoms with Gasteiger partial charge in [-0.15, -0.1) is 11.6 Å². The molecule has 0 radical (unpaired) electrons. The molecule has 1 rings (SSSR count). The number of halogens is 1. The number of aromatic nitrogens is 1. The monoisotopic (exact) mass is 170 g/mol. The van der Waals surface area contributed by atoms with E-state index in [0.717, 1.165) is 17.7 Å². The van der Waals surface area contributed by atoms with Crippen LogP contribution in [0.3, 0.4) is 0 Å². The van der Waals surface area contributed by atoms with E-state index in [4.69, 9.17) is 17.3 Å². The largest absolute Gasteiger partial charge is 0.398 e. The van der Waals surface area contributed by atoms with Crippen LogP contribution in [0.2, 0.25) is 0 Å². The number of alkyl halides is 1. The molecule has 11 heavy (non-hydrogen) atoms. The fourth-order valence-electron chi connectivity index (χ4n) is 0.912. The van der Waals surface area contributed by atoms with Crippen LogP contribution in [0.25, 0.3) is 0 Å². The van der Waals surface area contributed by atoms with Gasteiger partial charge in [-0.3, -0.25) is 4.98 Å². The maximum atomic E-state index is 5.80. The van der Waals surface area contributed by atoms with Crippen molar-refractivity contribution in [3.05, 3.63) is 24.0 Å². The Labute approximate surface area is 71.4 Å². The zero-order valence-electron chi connectivity index (χ0n) is 6.42. The molecule has 60 valence electrons. The molecule has 2 nitrogen and oxygen atoms in total. The zero-order chi connectivity index (χ0) is 8.27. The van der Waals surface area contributed by atoms with E-state index in [2.05, 4.69) is 4.98 Å². The molecule has 0 aliphatic rings. The molecule has 0 bridgehead atoms. The van der Waals surface area contributed by atoms with E-state index in [1.165, 1.54) is 0 Å². The molecule has 2 N–H and O–H groups in total. The highest BCUT2D eigenvalue weighted by atomic mass is 35.5. The predicted molar refractivity (Wildman–Crippen MR) is 47.7 cm³/mol. The third-order valence-electron chi connectivity index (χ3n) is 1.44. The van der Waals surface area contributed by atoms with Crippen LogP contribution in [-0.4, -0.2) is 10.4 Å². The van der Waals surface area contributed by atoms with Gasteiger partial charge in [-0.2, -0.15) is 0 Å². The quantitative estimate of drug-likeness (QED) is 0.688. The van der Waals surface area contributed by atoms with Crippen molar-refractivity contribution in [1.82, 2.24) is 4.98 Å². The minimum atomic E-state index is 0.112. The molecule has 1 atom stereocenters. The topological polar surface area (TPSA) is 38.9 Å². The Morgan fingerprint density at radius 1 is 1.73 bits per heavy atom. The van der Waals surface area contributed by atoms with Gasteiger partial charge < -0.3 is 5.73 Å². The second-order valence-corrected chi connectivity index (χ2v) is 3.30. The van der Waals surface area contributed by atoms with Gasteiger partial charge in [-0.25, -0.2) is 0 Å². The Morgan fingerprint density at radius 3 is 3.00 bits per heavy atom. The summed E-state index contributed by atoms with van der Waals surface area (Å²) in [6.07, 6.45) is 4.22. The standard InChI is InChI=1S/C8H11ClN2/c1-6(9)4-7-5-11-3-2-8(7)10/h2-3,5-6H,4H2,1H3,(H2,10,11). The lowest BCUT2D eigenvalue weighted by molar-refractivity contribution is 0.926. The lowest BCUT2D eigenvalue weighted by Gasteiger charge is -2.04. The molecule has 3 heteroatoms. The summed E-state index contributed by atoms with van der Waals surface area (Å²) in [5, 5.41) is 0.112. The van der Waals surface area contributed by atoms with Crippen LogP contribution >= 0.6 is 11.6 Å². The Hall–Kier alpha value is -0.760. The van der Waals surface area contributed by atoms with Gasteiger partial charge in [0.15, 0.2) is 0 Å². The van der Waals surface area contributed by atoms with E-state index in [0.29, 0.717) is 0 Å². The Kier molecular flexibility index (Phi) is 2.71. The highest BCUT2D eigenvalue weighted by molar-refractivity contribution is 6.20. The lowest BCUT2D eigenvalue weighted by atomic mass is 10.1. The third-order valence-corrected chi connectivity index (χ3v) is 1.60.